The van der Waals surface area contributed by atoms with E-state index in [0.717, 1.165) is 23.1 Å². The van der Waals surface area contributed by atoms with Crippen LogP contribution < -0.4 is 0 Å². The monoisotopic (exact) mass is 416 g/mol. The summed E-state index contributed by atoms with van der Waals surface area (Å²) in [5, 5.41) is 0.320. The van der Waals surface area contributed by atoms with Gasteiger partial charge in [-0.25, -0.2) is 4.98 Å². The number of imidazole rings is 1. The van der Waals surface area contributed by atoms with Gasteiger partial charge < -0.3 is 9.80 Å². The van der Waals surface area contributed by atoms with Gasteiger partial charge in [0.2, 0.25) is 5.91 Å². The summed E-state index contributed by atoms with van der Waals surface area (Å²) in [5.74, 6) is -0.231. The number of aromatic nitrogens is 2. The van der Waals surface area contributed by atoms with E-state index in [1.165, 1.54) is 29.7 Å². The van der Waals surface area contributed by atoms with Crippen LogP contribution in [0.2, 0.25) is 5.15 Å². The number of piperazine rings is 1. The highest BCUT2D eigenvalue weighted by atomic mass is 35.5. The molecule has 2 aliphatic rings. The maximum absolute atomic E-state index is 13.1. The first-order valence-electron chi connectivity index (χ1n) is 9.69. The molecule has 0 atom stereocenters. The SMILES string of the molecule is Cc1ccc2c(c1)sc1nc(C(=O)N3CCN(C4CCCC4)C(=O)C3)c(Cl)n12. The van der Waals surface area contributed by atoms with Crippen LogP contribution in [0.3, 0.4) is 0 Å². The van der Waals surface area contributed by atoms with Crippen molar-refractivity contribution in [1.82, 2.24) is 19.2 Å². The zero-order valence-corrected chi connectivity index (χ0v) is 17.2. The van der Waals surface area contributed by atoms with E-state index in [4.69, 9.17) is 11.6 Å². The van der Waals surface area contributed by atoms with Crippen molar-refractivity contribution in [3.63, 3.8) is 0 Å². The Morgan fingerprint density at radius 3 is 2.79 bits per heavy atom. The molecule has 146 valence electrons. The average molecular weight is 417 g/mol. The van der Waals surface area contributed by atoms with Gasteiger partial charge in [-0.1, -0.05) is 41.8 Å². The van der Waals surface area contributed by atoms with Gasteiger partial charge in [-0.2, -0.15) is 0 Å². The largest absolute Gasteiger partial charge is 0.336 e. The molecular weight excluding hydrogens is 396 g/mol. The smallest absolute Gasteiger partial charge is 0.276 e. The number of amides is 2. The van der Waals surface area contributed by atoms with Gasteiger partial charge in [0.25, 0.3) is 5.91 Å². The van der Waals surface area contributed by atoms with Crippen molar-refractivity contribution in [3.05, 3.63) is 34.6 Å². The van der Waals surface area contributed by atoms with Crippen molar-refractivity contribution in [2.75, 3.05) is 19.6 Å². The van der Waals surface area contributed by atoms with Gasteiger partial charge in [0.1, 0.15) is 11.7 Å². The number of nitrogens with zero attached hydrogens (tertiary/aromatic N) is 4. The Morgan fingerprint density at radius 2 is 2.04 bits per heavy atom. The van der Waals surface area contributed by atoms with Crippen LogP contribution in [-0.4, -0.2) is 56.7 Å². The molecule has 1 saturated heterocycles. The normalized spacial score (nSPS) is 18.7. The molecule has 2 amide bonds. The molecule has 0 spiro atoms. The highest BCUT2D eigenvalue weighted by molar-refractivity contribution is 7.23. The number of thiazole rings is 1. The molecule has 28 heavy (non-hydrogen) atoms. The van der Waals surface area contributed by atoms with Crippen molar-refractivity contribution < 1.29 is 9.59 Å². The second-order valence-corrected chi connectivity index (χ2v) is 9.06. The van der Waals surface area contributed by atoms with E-state index in [1.54, 1.807) is 4.90 Å². The minimum absolute atomic E-state index is 0.0320. The summed E-state index contributed by atoms with van der Waals surface area (Å²) in [6.07, 6.45) is 4.53. The van der Waals surface area contributed by atoms with Gasteiger partial charge in [0.15, 0.2) is 10.7 Å². The van der Waals surface area contributed by atoms with Crippen molar-refractivity contribution in [2.45, 2.75) is 38.6 Å². The van der Waals surface area contributed by atoms with Crippen LogP contribution in [0.25, 0.3) is 15.2 Å². The Balaban J connectivity index is 1.41. The highest BCUT2D eigenvalue weighted by Gasteiger charge is 2.34. The van der Waals surface area contributed by atoms with Gasteiger partial charge in [-0.3, -0.25) is 14.0 Å². The molecule has 1 aliphatic heterocycles. The molecule has 5 rings (SSSR count). The van der Waals surface area contributed by atoms with Crippen LogP contribution in [0.15, 0.2) is 18.2 Å². The average Bonchev–Trinajstić information content (AvgIpc) is 3.38. The molecule has 1 aliphatic carbocycles. The van der Waals surface area contributed by atoms with E-state index >= 15 is 0 Å². The predicted octanol–water partition coefficient (Wildman–Crippen LogP) is 3.74. The fourth-order valence-electron chi connectivity index (χ4n) is 4.39. The number of halogens is 1. The number of hydrogen-bond acceptors (Lipinski definition) is 4. The fourth-order valence-corrected chi connectivity index (χ4v) is 5.86. The molecular formula is C20H21ClN4O2S. The Morgan fingerprint density at radius 1 is 1.25 bits per heavy atom. The van der Waals surface area contributed by atoms with Gasteiger partial charge in [-0.05, 0) is 37.5 Å². The molecule has 6 nitrogen and oxygen atoms in total. The maximum Gasteiger partial charge on any atom is 0.276 e. The molecule has 2 aromatic heterocycles. The van der Waals surface area contributed by atoms with E-state index in [-0.39, 0.29) is 24.1 Å². The summed E-state index contributed by atoms with van der Waals surface area (Å²) in [4.78, 5) is 34.4. The summed E-state index contributed by atoms with van der Waals surface area (Å²) < 4.78 is 2.91. The van der Waals surface area contributed by atoms with Crippen molar-refractivity contribution in [2.24, 2.45) is 0 Å². The number of fused-ring (bicyclic) bond motifs is 3. The van der Waals surface area contributed by atoms with E-state index in [0.29, 0.717) is 29.2 Å². The standard InChI is InChI=1S/C20H21ClN4O2S/c1-12-6-7-14-15(10-12)28-20-22-17(18(21)25(14)20)19(27)23-8-9-24(16(26)11-23)13-4-2-3-5-13/h6-7,10,13H,2-5,8-9,11H2,1H3. The number of rotatable bonds is 2. The summed E-state index contributed by atoms with van der Waals surface area (Å²) >= 11 is 8.08. The molecule has 3 heterocycles. The van der Waals surface area contributed by atoms with Crippen LogP contribution in [0.5, 0.6) is 0 Å². The first-order chi connectivity index (χ1) is 13.5. The Kier molecular flexibility index (Phi) is 4.32. The molecule has 3 aromatic rings. The topological polar surface area (TPSA) is 57.9 Å². The molecule has 1 saturated carbocycles. The summed E-state index contributed by atoms with van der Waals surface area (Å²) in [7, 11) is 0. The zero-order chi connectivity index (χ0) is 19.4. The van der Waals surface area contributed by atoms with Crippen LogP contribution in [0.4, 0.5) is 0 Å². The minimum atomic E-state index is -0.263. The third-order valence-corrected chi connectivity index (χ3v) is 7.21. The van der Waals surface area contributed by atoms with E-state index in [1.807, 2.05) is 28.4 Å². The number of carbonyl (C=O) groups is 2. The lowest BCUT2D eigenvalue weighted by atomic mass is 10.1. The molecule has 1 aromatic carbocycles. The molecule has 0 radical (unpaired) electrons. The van der Waals surface area contributed by atoms with Crippen LogP contribution in [-0.2, 0) is 4.79 Å². The highest BCUT2D eigenvalue weighted by Crippen LogP contribution is 2.32. The number of benzene rings is 1. The van der Waals surface area contributed by atoms with Crippen LogP contribution >= 0.6 is 22.9 Å². The Hall–Kier alpha value is -2.12. The molecule has 0 N–H and O–H groups in total. The number of carbonyl (C=O) groups excluding carboxylic acids is 2. The second-order valence-electron chi connectivity index (χ2n) is 7.69. The predicted molar refractivity (Wildman–Crippen MR) is 110 cm³/mol. The first-order valence-corrected chi connectivity index (χ1v) is 10.9. The summed E-state index contributed by atoms with van der Waals surface area (Å²) in [5.41, 5.74) is 2.35. The Labute approximate surface area is 171 Å². The third kappa shape index (κ3) is 2.79. The van der Waals surface area contributed by atoms with Gasteiger partial charge in [0, 0.05) is 19.1 Å². The zero-order valence-electron chi connectivity index (χ0n) is 15.7. The minimum Gasteiger partial charge on any atom is -0.336 e. The number of hydrogen-bond donors (Lipinski definition) is 0. The molecule has 2 fully saturated rings. The Bertz CT molecular complexity index is 1100. The first kappa shape index (κ1) is 17.9. The summed E-state index contributed by atoms with van der Waals surface area (Å²) in [6.45, 7) is 3.28. The third-order valence-electron chi connectivity index (χ3n) is 5.86. The van der Waals surface area contributed by atoms with E-state index in [9.17, 15) is 9.59 Å². The maximum atomic E-state index is 13.1. The molecule has 0 unspecified atom stereocenters. The quantitative estimate of drug-likeness (QED) is 0.639. The van der Waals surface area contributed by atoms with Gasteiger partial charge >= 0.3 is 0 Å². The molecule has 8 heteroatoms. The van der Waals surface area contributed by atoms with Crippen molar-refractivity contribution in [3.8, 4) is 0 Å². The lowest BCUT2D eigenvalue weighted by Crippen LogP contribution is -2.55. The second kappa shape index (κ2) is 6.74. The lowest BCUT2D eigenvalue weighted by Gasteiger charge is -2.37. The van der Waals surface area contributed by atoms with Gasteiger partial charge in [-0.15, -0.1) is 0 Å². The molecule has 0 bridgehead atoms. The van der Waals surface area contributed by atoms with Crippen LogP contribution in [0, 0.1) is 6.92 Å². The van der Waals surface area contributed by atoms with E-state index in [2.05, 4.69) is 11.1 Å². The number of aryl methyl sites for hydroxylation is 1. The fraction of sp³-hybridized carbons (Fsp3) is 0.450. The van der Waals surface area contributed by atoms with Crippen molar-refractivity contribution in [1.29, 1.82) is 0 Å². The van der Waals surface area contributed by atoms with Gasteiger partial charge in [0.05, 0.1) is 10.2 Å². The lowest BCUT2D eigenvalue weighted by molar-refractivity contribution is -0.137. The van der Waals surface area contributed by atoms with E-state index < -0.39 is 0 Å². The van der Waals surface area contributed by atoms with Crippen LogP contribution in [0.1, 0.15) is 41.7 Å². The van der Waals surface area contributed by atoms with Crippen molar-refractivity contribution >= 4 is 49.9 Å². The summed E-state index contributed by atoms with van der Waals surface area (Å²) in [6, 6.07) is 6.46.